The van der Waals surface area contributed by atoms with Crippen molar-refractivity contribution in [3.8, 4) is 5.88 Å². The van der Waals surface area contributed by atoms with Crippen molar-refractivity contribution in [2.24, 2.45) is 0 Å². The molecule has 1 aromatic rings. The summed E-state index contributed by atoms with van der Waals surface area (Å²) in [7, 11) is 0. The molecule has 0 unspecified atom stereocenters. The van der Waals surface area contributed by atoms with E-state index in [9.17, 15) is 0 Å². The first-order valence-electron chi connectivity index (χ1n) is 5.43. The van der Waals surface area contributed by atoms with Gasteiger partial charge in [-0.05, 0) is 26.8 Å². The summed E-state index contributed by atoms with van der Waals surface area (Å²) in [6.07, 6.45) is -0.0164. The first kappa shape index (κ1) is 11.4. The molecule has 0 aliphatic carbocycles. The van der Waals surface area contributed by atoms with Crippen LogP contribution in [0.5, 0.6) is 5.88 Å². The minimum absolute atomic E-state index is 0.0164. The van der Waals surface area contributed by atoms with E-state index in [1.807, 2.05) is 39.0 Å². The zero-order chi connectivity index (χ0) is 11.6. The number of rotatable bonds is 3. The average Bonchev–Trinajstić information content (AvgIpc) is 2.56. The van der Waals surface area contributed by atoms with Gasteiger partial charge in [0.15, 0.2) is 5.79 Å². The molecule has 4 heteroatoms. The summed E-state index contributed by atoms with van der Waals surface area (Å²) in [5, 5.41) is 0. The lowest BCUT2D eigenvalue weighted by Crippen LogP contribution is -2.25. The summed E-state index contributed by atoms with van der Waals surface area (Å²) in [5.74, 6) is 0.141. The molecule has 0 aromatic carbocycles. The molecule has 0 N–H and O–H groups in total. The van der Waals surface area contributed by atoms with Gasteiger partial charge in [-0.3, -0.25) is 0 Å². The van der Waals surface area contributed by atoms with E-state index in [4.69, 9.17) is 14.2 Å². The standard InChI is InChI=1S/C12H17NO3/c1-9-5-4-6-11(13-9)14-7-10-8-15-12(2,3)16-10/h4-6,10H,7-8H2,1-3H3/t10-/m1/s1. The molecule has 1 atom stereocenters. The molecule has 0 bridgehead atoms. The van der Waals surface area contributed by atoms with Crippen molar-refractivity contribution in [2.45, 2.75) is 32.7 Å². The third kappa shape index (κ3) is 2.93. The number of hydrogen-bond acceptors (Lipinski definition) is 4. The lowest BCUT2D eigenvalue weighted by atomic mass is 10.4. The van der Waals surface area contributed by atoms with Crippen molar-refractivity contribution in [3.63, 3.8) is 0 Å². The molecular formula is C12H17NO3. The number of hydrogen-bond donors (Lipinski definition) is 0. The van der Waals surface area contributed by atoms with Crippen LogP contribution in [0, 0.1) is 6.92 Å². The zero-order valence-electron chi connectivity index (χ0n) is 9.90. The van der Waals surface area contributed by atoms with E-state index in [-0.39, 0.29) is 6.10 Å². The summed E-state index contributed by atoms with van der Waals surface area (Å²) >= 11 is 0. The molecule has 16 heavy (non-hydrogen) atoms. The van der Waals surface area contributed by atoms with E-state index in [2.05, 4.69) is 4.98 Å². The minimum atomic E-state index is -0.492. The van der Waals surface area contributed by atoms with Crippen LogP contribution in [-0.2, 0) is 9.47 Å². The van der Waals surface area contributed by atoms with Gasteiger partial charge < -0.3 is 14.2 Å². The maximum atomic E-state index is 5.63. The van der Waals surface area contributed by atoms with Gasteiger partial charge in [-0.2, -0.15) is 0 Å². The Morgan fingerprint density at radius 1 is 1.50 bits per heavy atom. The molecule has 2 heterocycles. The third-order valence-electron chi connectivity index (χ3n) is 2.35. The van der Waals surface area contributed by atoms with Gasteiger partial charge >= 0.3 is 0 Å². The predicted octanol–water partition coefficient (Wildman–Crippen LogP) is 1.92. The quantitative estimate of drug-likeness (QED) is 0.785. The summed E-state index contributed by atoms with van der Waals surface area (Å²) in [5.41, 5.74) is 0.946. The molecule has 0 saturated carbocycles. The number of pyridine rings is 1. The maximum Gasteiger partial charge on any atom is 0.213 e. The van der Waals surface area contributed by atoms with Crippen molar-refractivity contribution < 1.29 is 14.2 Å². The highest BCUT2D eigenvalue weighted by Crippen LogP contribution is 2.22. The molecule has 0 amide bonds. The molecule has 4 nitrogen and oxygen atoms in total. The molecule has 0 radical (unpaired) electrons. The summed E-state index contributed by atoms with van der Waals surface area (Å²) in [4.78, 5) is 4.25. The van der Waals surface area contributed by atoms with Crippen LogP contribution in [0.15, 0.2) is 18.2 Å². The first-order valence-corrected chi connectivity index (χ1v) is 5.43. The molecule has 1 fully saturated rings. The van der Waals surface area contributed by atoms with Crippen LogP contribution < -0.4 is 4.74 Å². The molecule has 0 spiro atoms. The molecule has 1 aliphatic heterocycles. The molecule has 2 rings (SSSR count). The number of ether oxygens (including phenoxy) is 3. The minimum Gasteiger partial charge on any atom is -0.475 e. The fraction of sp³-hybridized carbons (Fsp3) is 0.583. The molecular weight excluding hydrogens is 206 g/mol. The Balaban J connectivity index is 1.84. The van der Waals surface area contributed by atoms with Crippen molar-refractivity contribution in [2.75, 3.05) is 13.2 Å². The largest absolute Gasteiger partial charge is 0.475 e. The van der Waals surface area contributed by atoms with Gasteiger partial charge in [0.2, 0.25) is 5.88 Å². The first-order chi connectivity index (χ1) is 7.55. The fourth-order valence-electron chi connectivity index (χ4n) is 1.62. The van der Waals surface area contributed by atoms with Crippen LogP contribution in [-0.4, -0.2) is 30.1 Å². The van der Waals surface area contributed by atoms with Crippen LogP contribution in [0.2, 0.25) is 0 Å². The molecule has 1 saturated heterocycles. The zero-order valence-corrected chi connectivity index (χ0v) is 9.90. The Hall–Kier alpha value is -1.13. The Bertz CT molecular complexity index is 365. The Labute approximate surface area is 95.5 Å². The normalized spacial score (nSPS) is 23.3. The second-order valence-corrected chi connectivity index (χ2v) is 4.38. The topological polar surface area (TPSA) is 40.6 Å². The van der Waals surface area contributed by atoms with Crippen molar-refractivity contribution in [1.29, 1.82) is 0 Å². The third-order valence-corrected chi connectivity index (χ3v) is 2.35. The summed E-state index contributed by atoms with van der Waals surface area (Å²) in [6.45, 7) is 6.78. The van der Waals surface area contributed by atoms with Gasteiger partial charge in [0, 0.05) is 11.8 Å². The molecule has 88 valence electrons. The van der Waals surface area contributed by atoms with Crippen molar-refractivity contribution in [3.05, 3.63) is 23.9 Å². The average molecular weight is 223 g/mol. The highest BCUT2D eigenvalue weighted by molar-refractivity contribution is 5.14. The van der Waals surface area contributed by atoms with Gasteiger partial charge in [0.25, 0.3) is 0 Å². The number of aryl methyl sites for hydroxylation is 1. The van der Waals surface area contributed by atoms with Crippen LogP contribution >= 0.6 is 0 Å². The highest BCUT2D eigenvalue weighted by atomic mass is 16.7. The van der Waals surface area contributed by atoms with Gasteiger partial charge in [-0.15, -0.1) is 0 Å². The van der Waals surface area contributed by atoms with Gasteiger partial charge in [-0.1, -0.05) is 6.07 Å². The van der Waals surface area contributed by atoms with E-state index in [0.29, 0.717) is 19.1 Å². The van der Waals surface area contributed by atoms with E-state index < -0.39 is 5.79 Å². The number of nitrogens with zero attached hydrogens (tertiary/aromatic N) is 1. The monoisotopic (exact) mass is 223 g/mol. The van der Waals surface area contributed by atoms with Crippen LogP contribution in [0.25, 0.3) is 0 Å². The van der Waals surface area contributed by atoms with Crippen molar-refractivity contribution >= 4 is 0 Å². The fourth-order valence-corrected chi connectivity index (χ4v) is 1.62. The van der Waals surface area contributed by atoms with Gasteiger partial charge in [-0.25, -0.2) is 4.98 Å². The Kier molecular flexibility index (Phi) is 3.12. The lowest BCUT2D eigenvalue weighted by molar-refractivity contribution is -0.141. The predicted molar refractivity (Wildman–Crippen MR) is 59.4 cm³/mol. The summed E-state index contributed by atoms with van der Waals surface area (Å²) in [6, 6.07) is 5.70. The van der Waals surface area contributed by atoms with Crippen LogP contribution in [0.1, 0.15) is 19.5 Å². The van der Waals surface area contributed by atoms with E-state index in [0.717, 1.165) is 5.69 Å². The number of aromatic nitrogens is 1. The smallest absolute Gasteiger partial charge is 0.213 e. The second kappa shape index (κ2) is 4.39. The Morgan fingerprint density at radius 2 is 2.31 bits per heavy atom. The SMILES string of the molecule is Cc1cccc(OC[C@@H]2COC(C)(C)O2)n1. The summed E-state index contributed by atoms with van der Waals surface area (Å²) < 4.78 is 16.6. The van der Waals surface area contributed by atoms with Crippen LogP contribution in [0.3, 0.4) is 0 Å². The highest BCUT2D eigenvalue weighted by Gasteiger charge is 2.32. The van der Waals surface area contributed by atoms with E-state index >= 15 is 0 Å². The molecule has 1 aromatic heterocycles. The van der Waals surface area contributed by atoms with Gasteiger partial charge in [0.1, 0.15) is 12.7 Å². The van der Waals surface area contributed by atoms with E-state index in [1.54, 1.807) is 0 Å². The van der Waals surface area contributed by atoms with Gasteiger partial charge in [0.05, 0.1) is 6.61 Å². The van der Waals surface area contributed by atoms with Crippen molar-refractivity contribution in [1.82, 2.24) is 4.98 Å². The lowest BCUT2D eigenvalue weighted by Gasteiger charge is -2.17. The van der Waals surface area contributed by atoms with Crippen LogP contribution in [0.4, 0.5) is 0 Å². The maximum absolute atomic E-state index is 5.63. The van der Waals surface area contributed by atoms with E-state index in [1.165, 1.54) is 0 Å². The molecule has 1 aliphatic rings. The Morgan fingerprint density at radius 3 is 2.94 bits per heavy atom. The second-order valence-electron chi connectivity index (χ2n) is 4.38.